The summed E-state index contributed by atoms with van der Waals surface area (Å²) in [7, 11) is 2.00. The second-order valence-electron chi connectivity index (χ2n) is 6.58. The van der Waals surface area contributed by atoms with E-state index < -0.39 is 0 Å². The first-order chi connectivity index (χ1) is 11.6. The fourth-order valence-electron chi connectivity index (χ4n) is 3.26. The van der Waals surface area contributed by atoms with Gasteiger partial charge in [-0.2, -0.15) is 0 Å². The van der Waals surface area contributed by atoms with Gasteiger partial charge in [0.05, 0.1) is 6.61 Å². The van der Waals surface area contributed by atoms with Gasteiger partial charge in [-0.25, -0.2) is 0 Å². The fraction of sp³-hybridized carbons (Fsp3) is 0.556. The van der Waals surface area contributed by atoms with Crippen LogP contribution < -0.4 is 5.32 Å². The van der Waals surface area contributed by atoms with Crippen LogP contribution in [0.15, 0.2) is 30.3 Å². The van der Waals surface area contributed by atoms with Gasteiger partial charge in [-0.3, -0.25) is 9.59 Å². The van der Waals surface area contributed by atoms with Crippen molar-refractivity contribution in [1.29, 1.82) is 0 Å². The van der Waals surface area contributed by atoms with E-state index in [9.17, 15) is 9.59 Å². The molecule has 2 fully saturated rings. The van der Waals surface area contributed by atoms with Gasteiger partial charge >= 0.3 is 0 Å². The number of ether oxygens (including phenoxy) is 1. The Kier molecular flexibility index (Phi) is 5.48. The Morgan fingerprint density at radius 1 is 1.12 bits per heavy atom. The molecule has 1 atom stereocenters. The van der Waals surface area contributed by atoms with Crippen LogP contribution in [0.2, 0.25) is 0 Å². The minimum absolute atomic E-state index is 0.0378. The predicted molar refractivity (Wildman–Crippen MR) is 91.6 cm³/mol. The number of nitrogens with zero attached hydrogens (tertiary/aromatic N) is 2. The first-order valence-electron chi connectivity index (χ1n) is 8.58. The number of rotatable bonds is 3. The van der Waals surface area contributed by atoms with Crippen LogP contribution >= 0.6 is 0 Å². The third-order valence-electron chi connectivity index (χ3n) is 4.76. The van der Waals surface area contributed by atoms with Gasteiger partial charge in [0.1, 0.15) is 6.10 Å². The fourth-order valence-corrected chi connectivity index (χ4v) is 3.26. The highest BCUT2D eigenvalue weighted by atomic mass is 16.5. The average Bonchev–Trinajstić information content (AvgIpc) is 2.62. The van der Waals surface area contributed by atoms with Crippen molar-refractivity contribution in [2.75, 3.05) is 45.2 Å². The molecule has 0 spiro atoms. The molecule has 0 saturated carbocycles. The predicted octanol–water partition coefficient (Wildman–Crippen LogP) is 1.19. The summed E-state index contributed by atoms with van der Waals surface area (Å²) in [6.07, 6.45) is 1.04. The highest BCUT2D eigenvalue weighted by molar-refractivity contribution is 5.92. The van der Waals surface area contributed by atoms with E-state index in [1.165, 1.54) is 0 Å². The zero-order valence-corrected chi connectivity index (χ0v) is 14.1. The van der Waals surface area contributed by atoms with Gasteiger partial charge in [0, 0.05) is 37.8 Å². The summed E-state index contributed by atoms with van der Waals surface area (Å²) >= 11 is 0. The monoisotopic (exact) mass is 331 g/mol. The van der Waals surface area contributed by atoms with E-state index >= 15 is 0 Å². The van der Waals surface area contributed by atoms with E-state index in [0.29, 0.717) is 39.1 Å². The van der Waals surface area contributed by atoms with E-state index in [1.54, 1.807) is 0 Å². The normalized spacial score (nSPS) is 23.0. The molecule has 6 nitrogen and oxygen atoms in total. The van der Waals surface area contributed by atoms with Gasteiger partial charge in [-0.15, -0.1) is 0 Å². The number of hydrogen-bond donors (Lipinski definition) is 1. The molecule has 2 aliphatic heterocycles. The van der Waals surface area contributed by atoms with Gasteiger partial charge in [0.25, 0.3) is 5.91 Å². The smallest absolute Gasteiger partial charge is 0.253 e. The Bertz CT molecular complexity index is 570. The molecule has 2 heterocycles. The number of nitrogens with one attached hydrogen (secondary N) is 1. The van der Waals surface area contributed by atoms with Crippen molar-refractivity contribution < 1.29 is 14.3 Å². The number of carbonyl (C=O) groups is 2. The minimum atomic E-state index is -0.363. The van der Waals surface area contributed by atoms with Crippen LogP contribution in [0.1, 0.15) is 12.8 Å². The number of likely N-dealkylation sites (tertiary alicyclic amines) is 1. The number of carbonyl (C=O) groups excluding carboxylic acids is 2. The van der Waals surface area contributed by atoms with Crippen LogP contribution in [0.5, 0.6) is 0 Å². The van der Waals surface area contributed by atoms with Crippen LogP contribution in [-0.4, -0.2) is 67.6 Å². The summed E-state index contributed by atoms with van der Waals surface area (Å²) in [6, 6.07) is 9.49. The van der Waals surface area contributed by atoms with E-state index in [1.807, 2.05) is 42.3 Å². The van der Waals surface area contributed by atoms with Gasteiger partial charge in [0.2, 0.25) is 5.91 Å². The first kappa shape index (κ1) is 16.9. The first-order valence-corrected chi connectivity index (χ1v) is 8.58. The number of amides is 2. The molecule has 24 heavy (non-hydrogen) atoms. The maximum absolute atomic E-state index is 12.5. The molecular weight excluding hydrogens is 306 g/mol. The van der Waals surface area contributed by atoms with Crippen LogP contribution in [0.25, 0.3) is 0 Å². The molecule has 1 N–H and O–H groups in total. The van der Waals surface area contributed by atoms with Crippen molar-refractivity contribution in [1.82, 2.24) is 9.80 Å². The molecule has 0 bridgehead atoms. The standard InChI is InChI=1S/C18H25N3O3/c1-20-11-12-24-16(13-20)18(23)21-9-7-14(8-10-21)17(22)19-15-5-3-2-4-6-15/h2-6,14,16H,7-13H2,1H3,(H,19,22). The second-order valence-corrected chi connectivity index (χ2v) is 6.58. The lowest BCUT2D eigenvalue weighted by Gasteiger charge is -2.36. The topological polar surface area (TPSA) is 61.9 Å². The number of para-hydroxylation sites is 1. The Balaban J connectivity index is 1.48. The highest BCUT2D eigenvalue weighted by Crippen LogP contribution is 2.21. The second kappa shape index (κ2) is 7.77. The van der Waals surface area contributed by atoms with Crippen molar-refractivity contribution in [3.05, 3.63) is 30.3 Å². The van der Waals surface area contributed by atoms with Gasteiger partial charge in [-0.1, -0.05) is 18.2 Å². The Morgan fingerprint density at radius 3 is 2.50 bits per heavy atom. The quantitative estimate of drug-likeness (QED) is 0.904. The number of hydrogen-bond acceptors (Lipinski definition) is 4. The van der Waals surface area contributed by atoms with Crippen LogP contribution in [-0.2, 0) is 14.3 Å². The Hall–Kier alpha value is -1.92. The molecule has 2 saturated heterocycles. The number of morpholine rings is 1. The molecule has 1 aromatic carbocycles. The summed E-state index contributed by atoms with van der Waals surface area (Å²) in [5, 5.41) is 2.95. The Labute approximate surface area is 142 Å². The zero-order chi connectivity index (χ0) is 16.9. The maximum atomic E-state index is 12.5. The number of anilines is 1. The van der Waals surface area contributed by atoms with Gasteiger partial charge < -0.3 is 19.9 Å². The zero-order valence-electron chi connectivity index (χ0n) is 14.1. The summed E-state index contributed by atoms with van der Waals surface area (Å²) in [6.45, 7) is 3.35. The molecular formula is C18H25N3O3. The lowest BCUT2D eigenvalue weighted by Crippen LogP contribution is -2.52. The van der Waals surface area contributed by atoms with Gasteiger partial charge in [0.15, 0.2) is 0 Å². The largest absolute Gasteiger partial charge is 0.366 e. The SMILES string of the molecule is CN1CCOC(C(=O)N2CCC(C(=O)Nc3ccccc3)CC2)C1. The van der Waals surface area contributed by atoms with Crippen molar-refractivity contribution in [2.24, 2.45) is 5.92 Å². The average molecular weight is 331 g/mol. The van der Waals surface area contributed by atoms with Gasteiger partial charge in [-0.05, 0) is 32.0 Å². The summed E-state index contributed by atoms with van der Waals surface area (Å²) < 4.78 is 5.60. The molecule has 2 aliphatic rings. The summed E-state index contributed by atoms with van der Waals surface area (Å²) in [5.41, 5.74) is 0.819. The minimum Gasteiger partial charge on any atom is -0.366 e. The number of benzene rings is 1. The highest BCUT2D eigenvalue weighted by Gasteiger charge is 2.33. The number of piperidine rings is 1. The lowest BCUT2D eigenvalue weighted by atomic mass is 9.95. The summed E-state index contributed by atoms with van der Waals surface area (Å²) in [4.78, 5) is 28.8. The van der Waals surface area contributed by atoms with Crippen molar-refractivity contribution >= 4 is 17.5 Å². The third-order valence-corrected chi connectivity index (χ3v) is 4.76. The molecule has 0 radical (unpaired) electrons. The molecule has 2 amide bonds. The maximum Gasteiger partial charge on any atom is 0.253 e. The molecule has 130 valence electrons. The number of likely N-dealkylation sites (N-methyl/N-ethyl adjacent to an activating group) is 1. The van der Waals surface area contributed by atoms with E-state index in [2.05, 4.69) is 10.2 Å². The molecule has 3 rings (SSSR count). The molecule has 0 aliphatic carbocycles. The lowest BCUT2D eigenvalue weighted by molar-refractivity contribution is -0.150. The molecule has 1 unspecified atom stereocenters. The van der Waals surface area contributed by atoms with Crippen LogP contribution in [0.4, 0.5) is 5.69 Å². The van der Waals surface area contributed by atoms with Crippen molar-refractivity contribution in [2.45, 2.75) is 18.9 Å². The van der Waals surface area contributed by atoms with E-state index in [0.717, 1.165) is 12.2 Å². The molecule has 6 heteroatoms. The van der Waals surface area contributed by atoms with Crippen molar-refractivity contribution in [3.63, 3.8) is 0 Å². The van der Waals surface area contributed by atoms with E-state index in [4.69, 9.17) is 4.74 Å². The molecule has 0 aromatic heterocycles. The van der Waals surface area contributed by atoms with Crippen LogP contribution in [0.3, 0.4) is 0 Å². The van der Waals surface area contributed by atoms with E-state index in [-0.39, 0.29) is 23.8 Å². The third kappa shape index (κ3) is 4.13. The Morgan fingerprint density at radius 2 is 1.83 bits per heavy atom. The van der Waals surface area contributed by atoms with Crippen LogP contribution in [0, 0.1) is 5.92 Å². The van der Waals surface area contributed by atoms with Crippen molar-refractivity contribution in [3.8, 4) is 0 Å². The molecule has 1 aromatic rings. The summed E-state index contributed by atoms with van der Waals surface area (Å²) in [5.74, 6) is 0.0645.